The van der Waals surface area contributed by atoms with Gasteiger partial charge >= 0.3 is 0 Å². The van der Waals surface area contributed by atoms with Crippen LogP contribution in [0.15, 0.2) is 24.3 Å². The first kappa shape index (κ1) is 11.2. The summed E-state index contributed by atoms with van der Waals surface area (Å²) in [5, 5.41) is 3.25. The van der Waals surface area contributed by atoms with Crippen molar-refractivity contribution in [2.24, 2.45) is 0 Å². The SMILES string of the molecule is Nc1nc(Cl)nc(NCC2Cc3ccccc32)n1. The van der Waals surface area contributed by atoms with Crippen LogP contribution in [0.1, 0.15) is 17.0 Å². The number of nitrogens with zero attached hydrogens (tertiary/aromatic N) is 3. The molecular formula is C12H12ClN5. The maximum atomic E-state index is 5.71. The van der Waals surface area contributed by atoms with E-state index in [2.05, 4.69) is 44.5 Å². The highest BCUT2D eigenvalue weighted by Crippen LogP contribution is 2.34. The largest absolute Gasteiger partial charge is 0.368 e. The molecular weight excluding hydrogens is 250 g/mol. The highest BCUT2D eigenvalue weighted by Gasteiger charge is 2.25. The molecule has 5 nitrogen and oxygen atoms in total. The van der Waals surface area contributed by atoms with Crippen LogP contribution in [-0.4, -0.2) is 21.5 Å². The summed E-state index contributed by atoms with van der Waals surface area (Å²) in [6.45, 7) is 0.775. The van der Waals surface area contributed by atoms with E-state index in [1.54, 1.807) is 0 Å². The number of fused-ring (bicyclic) bond motifs is 1. The fourth-order valence-corrected chi connectivity index (χ4v) is 2.37. The number of nitrogens with one attached hydrogen (secondary N) is 1. The van der Waals surface area contributed by atoms with E-state index in [0.29, 0.717) is 11.9 Å². The van der Waals surface area contributed by atoms with Crippen LogP contribution < -0.4 is 11.1 Å². The van der Waals surface area contributed by atoms with E-state index in [4.69, 9.17) is 17.3 Å². The summed E-state index contributed by atoms with van der Waals surface area (Å²) < 4.78 is 0. The molecule has 1 aliphatic carbocycles. The second kappa shape index (κ2) is 4.42. The monoisotopic (exact) mass is 261 g/mol. The Morgan fingerprint density at radius 3 is 2.89 bits per heavy atom. The predicted octanol–water partition coefficient (Wildman–Crippen LogP) is 1.86. The molecule has 2 aromatic rings. The molecule has 0 fully saturated rings. The molecule has 0 bridgehead atoms. The second-order valence-electron chi connectivity index (χ2n) is 4.27. The van der Waals surface area contributed by atoms with Crippen molar-refractivity contribution in [1.82, 2.24) is 15.0 Å². The number of nitrogen functional groups attached to an aromatic ring is 1. The normalized spacial score (nSPS) is 16.8. The van der Waals surface area contributed by atoms with Gasteiger partial charge in [-0.3, -0.25) is 0 Å². The van der Waals surface area contributed by atoms with Crippen molar-refractivity contribution in [2.45, 2.75) is 12.3 Å². The van der Waals surface area contributed by atoms with Gasteiger partial charge in [0.1, 0.15) is 0 Å². The number of hydrogen-bond acceptors (Lipinski definition) is 5. The molecule has 1 heterocycles. The van der Waals surface area contributed by atoms with Gasteiger partial charge in [0.05, 0.1) is 0 Å². The smallest absolute Gasteiger partial charge is 0.228 e. The zero-order chi connectivity index (χ0) is 12.5. The standard InChI is InChI=1S/C12H12ClN5/c13-10-16-11(14)18-12(17-10)15-6-8-5-7-3-1-2-4-9(7)8/h1-4,8H,5-6H2,(H3,14,15,16,17,18). The third kappa shape index (κ3) is 2.09. The number of hydrogen-bond donors (Lipinski definition) is 2. The van der Waals surface area contributed by atoms with Crippen LogP contribution in [0.5, 0.6) is 0 Å². The van der Waals surface area contributed by atoms with Gasteiger partial charge in [-0.1, -0.05) is 24.3 Å². The molecule has 1 aliphatic rings. The molecule has 1 unspecified atom stereocenters. The minimum absolute atomic E-state index is 0.110. The molecule has 0 radical (unpaired) electrons. The molecule has 3 rings (SSSR count). The highest BCUT2D eigenvalue weighted by atomic mass is 35.5. The Morgan fingerprint density at radius 2 is 2.11 bits per heavy atom. The van der Waals surface area contributed by atoms with E-state index in [9.17, 15) is 0 Å². The Morgan fingerprint density at radius 1 is 1.28 bits per heavy atom. The lowest BCUT2D eigenvalue weighted by Crippen LogP contribution is -2.25. The first-order chi connectivity index (χ1) is 8.72. The quantitative estimate of drug-likeness (QED) is 0.882. The van der Waals surface area contributed by atoms with E-state index < -0.39 is 0 Å². The molecule has 1 aromatic heterocycles. The molecule has 0 amide bonds. The first-order valence-corrected chi connectivity index (χ1v) is 6.09. The summed E-state index contributed by atoms with van der Waals surface area (Å²) >= 11 is 5.71. The van der Waals surface area contributed by atoms with Gasteiger partial charge in [0.15, 0.2) is 0 Å². The highest BCUT2D eigenvalue weighted by molar-refractivity contribution is 6.28. The van der Waals surface area contributed by atoms with Crippen molar-refractivity contribution < 1.29 is 0 Å². The molecule has 0 aliphatic heterocycles. The molecule has 3 N–H and O–H groups in total. The first-order valence-electron chi connectivity index (χ1n) is 5.71. The molecule has 6 heteroatoms. The number of anilines is 2. The van der Waals surface area contributed by atoms with Gasteiger partial charge in [0, 0.05) is 12.5 Å². The van der Waals surface area contributed by atoms with E-state index in [1.807, 2.05) is 0 Å². The third-order valence-corrected chi connectivity index (χ3v) is 3.26. The number of rotatable bonds is 3. The zero-order valence-corrected chi connectivity index (χ0v) is 10.4. The van der Waals surface area contributed by atoms with Crippen molar-refractivity contribution in [2.75, 3.05) is 17.6 Å². The lowest BCUT2D eigenvalue weighted by Gasteiger charge is -2.30. The van der Waals surface area contributed by atoms with Crippen LogP contribution in [0.2, 0.25) is 5.28 Å². The summed E-state index contributed by atoms with van der Waals surface area (Å²) in [7, 11) is 0. The summed E-state index contributed by atoms with van der Waals surface area (Å²) in [6.07, 6.45) is 1.08. The molecule has 18 heavy (non-hydrogen) atoms. The van der Waals surface area contributed by atoms with Crippen LogP contribution in [0, 0.1) is 0 Å². The van der Waals surface area contributed by atoms with Gasteiger partial charge in [-0.25, -0.2) is 0 Å². The fraction of sp³-hybridized carbons (Fsp3) is 0.250. The molecule has 1 aromatic carbocycles. The molecule has 0 saturated carbocycles. The number of halogens is 1. The Labute approximate surface area is 109 Å². The number of benzene rings is 1. The average Bonchev–Trinajstić information content (AvgIpc) is 2.29. The van der Waals surface area contributed by atoms with Gasteiger partial charge in [-0.05, 0) is 29.1 Å². The summed E-state index contributed by atoms with van der Waals surface area (Å²) in [4.78, 5) is 11.7. The molecule has 0 saturated heterocycles. The van der Waals surface area contributed by atoms with Crippen LogP contribution in [-0.2, 0) is 6.42 Å². The van der Waals surface area contributed by atoms with Crippen molar-refractivity contribution >= 4 is 23.5 Å². The maximum absolute atomic E-state index is 5.71. The number of aromatic nitrogens is 3. The van der Waals surface area contributed by atoms with E-state index in [0.717, 1.165) is 13.0 Å². The summed E-state index contributed by atoms with van der Waals surface area (Å²) in [6, 6.07) is 8.43. The predicted molar refractivity (Wildman–Crippen MR) is 70.6 cm³/mol. The lowest BCUT2D eigenvalue weighted by molar-refractivity contribution is 0.633. The molecule has 1 atom stereocenters. The van der Waals surface area contributed by atoms with Crippen LogP contribution in [0.25, 0.3) is 0 Å². The second-order valence-corrected chi connectivity index (χ2v) is 4.61. The topological polar surface area (TPSA) is 76.7 Å². The molecule has 0 spiro atoms. The fourth-order valence-electron chi connectivity index (χ4n) is 2.20. The van der Waals surface area contributed by atoms with Gasteiger partial charge in [-0.2, -0.15) is 15.0 Å². The minimum Gasteiger partial charge on any atom is -0.368 e. The Hall–Kier alpha value is -1.88. The maximum Gasteiger partial charge on any atom is 0.228 e. The zero-order valence-electron chi connectivity index (χ0n) is 9.60. The van der Waals surface area contributed by atoms with Crippen molar-refractivity contribution in [3.8, 4) is 0 Å². The van der Waals surface area contributed by atoms with E-state index in [1.165, 1.54) is 11.1 Å². The van der Waals surface area contributed by atoms with Gasteiger partial charge < -0.3 is 11.1 Å². The van der Waals surface area contributed by atoms with E-state index >= 15 is 0 Å². The van der Waals surface area contributed by atoms with Crippen molar-refractivity contribution in [3.63, 3.8) is 0 Å². The third-order valence-electron chi connectivity index (χ3n) is 3.09. The number of nitrogens with two attached hydrogens (primary N) is 1. The minimum atomic E-state index is 0.110. The average molecular weight is 262 g/mol. The van der Waals surface area contributed by atoms with Gasteiger partial charge in [0.25, 0.3) is 0 Å². The Kier molecular flexibility index (Phi) is 2.76. The lowest BCUT2D eigenvalue weighted by atomic mass is 9.78. The summed E-state index contributed by atoms with van der Waals surface area (Å²) in [5.41, 5.74) is 8.30. The van der Waals surface area contributed by atoms with Crippen molar-refractivity contribution in [1.29, 1.82) is 0 Å². The van der Waals surface area contributed by atoms with Gasteiger partial charge in [0.2, 0.25) is 17.2 Å². The van der Waals surface area contributed by atoms with Crippen LogP contribution in [0.3, 0.4) is 0 Å². The van der Waals surface area contributed by atoms with Crippen LogP contribution in [0.4, 0.5) is 11.9 Å². The molecule has 92 valence electrons. The van der Waals surface area contributed by atoms with Gasteiger partial charge in [-0.15, -0.1) is 0 Å². The summed E-state index contributed by atoms with van der Waals surface area (Å²) in [5.74, 6) is 1.06. The Balaban J connectivity index is 1.66. The Bertz CT molecular complexity index is 566. The van der Waals surface area contributed by atoms with Crippen LogP contribution >= 0.6 is 11.6 Å². The van der Waals surface area contributed by atoms with Crippen molar-refractivity contribution in [3.05, 3.63) is 40.7 Å². The van der Waals surface area contributed by atoms with E-state index in [-0.39, 0.29) is 11.2 Å².